The van der Waals surface area contributed by atoms with Crippen LogP contribution in [0.2, 0.25) is 0 Å². The lowest BCUT2D eigenvalue weighted by Crippen LogP contribution is -2.40. The van der Waals surface area contributed by atoms with Gasteiger partial charge in [0.15, 0.2) is 6.61 Å². The fourth-order valence-corrected chi connectivity index (χ4v) is 2.34. The summed E-state index contributed by atoms with van der Waals surface area (Å²) in [5.74, 6) is -1.04. The molecule has 136 valence electrons. The standard InChI is InChI=1S/C20H21NO5/c1-13-7-6-8-15(11-13)19(23)21-14(2)20(24)26-12-17(22)16-9-4-5-10-18(16)25-3/h4-11,14H,12H2,1-3H3,(H,21,23)/t14-/m0/s1. The topological polar surface area (TPSA) is 81.7 Å². The minimum Gasteiger partial charge on any atom is -0.496 e. The van der Waals surface area contributed by atoms with E-state index >= 15 is 0 Å². The minimum absolute atomic E-state index is 0.333. The second-order valence-electron chi connectivity index (χ2n) is 5.80. The van der Waals surface area contributed by atoms with E-state index in [1.807, 2.05) is 13.0 Å². The molecule has 2 aromatic rings. The molecule has 0 spiro atoms. The van der Waals surface area contributed by atoms with Crippen LogP contribution >= 0.6 is 0 Å². The summed E-state index contributed by atoms with van der Waals surface area (Å²) in [5, 5.41) is 2.56. The monoisotopic (exact) mass is 355 g/mol. The first-order valence-electron chi connectivity index (χ1n) is 8.12. The number of methoxy groups -OCH3 is 1. The number of aryl methyl sites for hydroxylation is 1. The lowest BCUT2D eigenvalue weighted by molar-refractivity contribution is -0.144. The summed E-state index contributed by atoms with van der Waals surface area (Å²) in [6.07, 6.45) is 0. The number of ketones is 1. The highest BCUT2D eigenvalue weighted by Gasteiger charge is 2.20. The Hall–Kier alpha value is -3.15. The third kappa shape index (κ3) is 4.92. The van der Waals surface area contributed by atoms with Gasteiger partial charge in [-0.15, -0.1) is 0 Å². The number of hydrogen-bond acceptors (Lipinski definition) is 5. The van der Waals surface area contributed by atoms with Crippen LogP contribution in [0.1, 0.15) is 33.2 Å². The molecule has 0 saturated heterocycles. The van der Waals surface area contributed by atoms with Gasteiger partial charge >= 0.3 is 5.97 Å². The molecule has 0 unspecified atom stereocenters. The van der Waals surface area contributed by atoms with E-state index in [0.717, 1.165) is 5.56 Å². The first-order chi connectivity index (χ1) is 12.4. The maximum absolute atomic E-state index is 12.2. The molecule has 1 N–H and O–H groups in total. The highest BCUT2D eigenvalue weighted by molar-refractivity contribution is 6.01. The Kier molecular flexibility index (Phi) is 6.49. The van der Waals surface area contributed by atoms with Crippen LogP contribution in [0.25, 0.3) is 0 Å². The molecule has 2 rings (SSSR count). The number of ether oxygens (including phenoxy) is 2. The predicted octanol–water partition coefficient (Wildman–Crippen LogP) is 2.55. The number of nitrogens with one attached hydrogen (secondary N) is 1. The largest absolute Gasteiger partial charge is 0.496 e. The lowest BCUT2D eigenvalue weighted by Gasteiger charge is -2.14. The van der Waals surface area contributed by atoms with Crippen molar-refractivity contribution in [2.24, 2.45) is 0 Å². The van der Waals surface area contributed by atoms with E-state index in [1.54, 1.807) is 42.5 Å². The molecule has 0 heterocycles. The molecule has 0 saturated carbocycles. The first-order valence-corrected chi connectivity index (χ1v) is 8.12. The average Bonchev–Trinajstić information content (AvgIpc) is 2.65. The molecule has 1 atom stereocenters. The Labute approximate surface area is 152 Å². The molecular weight excluding hydrogens is 334 g/mol. The van der Waals surface area contributed by atoms with E-state index in [9.17, 15) is 14.4 Å². The van der Waals surface area contributed by atoms with Gasteiger partial charge in [0.05, 0.1) is 12.7 Å². The van der Waals surface area contributed by atoms with Crippen molar-refractivity contribution in [2.75, 3.05) is 13.7 Å². The molecule has 0 radical (unpaired) electrons. The van der Waals surface area contributed by atoms with Gasteiger partial charge in [0.25, 0.3) is 5.91 Å². The second kappa shape index (κ2) is 8.80. The van der Waals surface area contributed by atoms with Crippen molar-refractivity contribution in [1.29, 1.82) is 0 Å². The van der Waals surface area contributed by atoms with Crippen LogP contribution in [-0.4, -0.2) is 37.4 Å². The van der Waals surface area contributed by atoms with Crippen LogP contribution in [0, 0.1) is 6.92 Å². The van der Waals surface area contributed by atoms with Crippen molar-refractivity contribution in [3.63, 3.8) is 0 Å². The van der Waals surface area contributed by atoms with Gasteiger partial charge in [-0.25, -0.2) is 4.79 Å². The Morgan fingerprint density at radius 1 is 1.08 bits per heavy atom. The zero-order valence-corrected chi connectivity index (χ0v) is 14.9. The number of carbonyl (C=O) groups excluding carboxylic acids is 3. The fraction of sp³-hybridized carbons (Fsp3) is 0.250. The van der Waals surface area contributed by atoms with Gasteiger partial charge in [0.2, 0.25) is 5.78 Å². The van der Waals surface area contributed by atoms with Gasteiger partial charge in [0.1, 0.15) is 11.8 Å². The minimum atomic E-state index is -0.881. The van der Waals surface area contributed by atoms with Gasteiger partial charge in [-0.3, -0.25) is 9.59 Å². The predicted molar refractivity (Wildman–Crippen MR) is 96.4 cm³/mol. The van der Waals surface area contributed by atoms with Crippen molar-refractivity contribution >= 4 is 17.7 Å². The summed E-state index contributed by atoms with van der Waals surface area (Å²) in [6.45, 7) is 2.95. The Morgan fingerprint density at radius 3 is 2.50 bits per heavy atom. The van der Waals surface area contributed by atoms with Crippen molar-refractivity contribution in [2.45, 2.75) is 19.9 Å². The quantitative estimate of drug-likeness (QED) is 0.610. The van der Waals surface area contributed by atoms with Gasteiger partial charge in [-0.1, -0.05) is 29.8 Å². The smallest absolute Gasteiger partial charge is 0.328 e. The molecule has 6 nitrogen and oxygen atoms in total. The second-order valence-corrected chi connectivity index (χ2v) is 5.80. The summed E-state index contributed by atoms with van der Waals surface area (Å²) in [5.41, 5.74) is 1.73. The molecule has 0 bridgehead atoms. The number of carbonyl (C=O) groups is 3. The van der Waals surface area contributed by atoms with Crippen molar-refractivity contribution in [1.82, 2.24) is 5.32 Å². The number of para-hydroxylation sites is 1. The molecule has 0 fully saturated rings. The molecule has 0 aliphatic rings. The van der Waals surface area contributed by atoms with E-state index < -0.39 is 18.6 Å². The highest BCUT2D eigenvalue weighted by Crippen LogP contribution is 2.17. The molecular formula is C20H21NO5. The number of hydrogen-bond donors (Lipinski definition) is 1. The number of rotatable bonds is 7. The number of benzene rings is 2. The van der Waals surface area contributed by atoms with Crippen LogP contribution in [0.4, 0.5) is 0 Å². The van der Waals surface area contributed by atoms with Crippen molar-refractivity contribution in [3.05, 3.63) is 65.2 Å². The van der Waals surface area contributed by atoms with Crippen LogP contribution in [0.5, 0.6) is 5.75 Å². The summed E-state index contributed by atoms with van der Waals surface area (Å²) < 4.78 is 10.1. The van der Waals surface area contributed by atoms with Gasteiger partial charge in [-0.2, -0.15) is 0 Å². The van der Waals surface area contributed by atoms with Gasteiger partial charge in [-0.05, 0) is 38.1 Å². The van der Waals surface area contributed by atoms with Crippen LogP contribution in [0.3, 0.4) is 0 Å². The van der Waals surface area contributed by atoms with Gasteiger partial charge in [0, 0.05) is 5.56 Å². The van der Waals surface area contributed by atoms with Crippen LogP contribution in [-0.2, 0) is 9.53 Å². The maximum Gasteiger partial charge on any atom is 0.328 e. The third-order valence-corrected chi connectivity index (χ3v) is 3.73. The average molecular weight is 355 g/mol. The molecule has 6 heteroatoms. The zero-order valence-electron chi connectivity index (χ0n) is 14.9. The summed E-state index contributed by atoms with van der Waals surface area (Å²) in [4.78, 5) is 36.4. The molecule has 0 aliphatic heterocycles. The Balaban J connectivity index is 1.91. The zero-order chi connectivity index (χ0) is 19.1. The molecule has 26 heavy (non-hydrogen) atoms. The van der Waals surface area contributed by atoms with E-state index in [-0.39, 0.29) is 11.7 Å². The van der Waals surface area contributed by atoms with Gasteiger partial charge < -0.3 is 14.8 Å². The van der Waals surface area contributed by atoms with Crippen LogP contribution < -0.4 is 10.1 Å². The SMILES string of the molecule is COc1ccccc1C(=O)COC(=O)[C@H](C)NC(=O)c1cccc(C)c1. The Bertz CT molecular complexity index is 815. The van der Waals surface area contributed by atoms with Crippen molar-refractivity contribution in [3.8, 4) is 5.75 Å². The van der Waals surface area contributed by atoms with E-state index in [2.05, 4.69) is 5.32 Å². The fourth-order valence-electron chi connectivity index (χ4n) is 2.34. The van der Waals surface area contributed by atoms with E-state index in [4.69, 9.17) is 9.47 Å². The first kappa shape index (κ1) is 19.2. The molecule has 1 amide bonds. The Morgan fingerprint density at radius 2 is 1.81 bits per heavy atom. The number of esters is 1. The van der Waals surface area contributed by atoms with Crippen LogP contribution in [0.15, 0.2) is 48.5 Å². The summed E-state index contributed by atoms with van der Waals surface area (Å²) >= 11 is 0. The number of amides is 1. The van der Waals surface area contributed by atoms with E-state index in [1.165, 1.54) is 14.0 Å². The highest BCUT2D eigenvalue weighted by atomic mass is 16.5. The number of Topliss-reactive ketones (excluding diaryl/α,β-unsaturated/α-hetero) is 1. The molecule has 2 aromatic carbocycles. The van der Waals surface area contributed by atoms with Crippen molar-refractivity contribution < 1.29 is 23.9 Å². The molecule has 0 aromatic heterocycles. The molecule has 0 aliphatic carbocycles. The summed E-state index contributed by atoms with van der Waals surface area (Å²) in [6, 6.07) is 12.8. The lowest BCUT2D eigenvalue weighted by atomic mass is 10.1. The maximum atomic E-state index is 12.2. The van der Waals surface area contributed by atoms with E-state index in [0.29, 0.717) is 16.9 Å². The third-order valence-electron chi connectivity index (χ3n) is 3.73. The normalized spacial score (nSPS) is 11.3. The summed E-state index contributed by atoms with van der Waals surface area (Å²) in [7, 11) is 1.46.